The van der Waals surface area contributed by atoms with E-state index in [4.69, 9.17) is 9.47 Å². The van der Waals surface area contributed by atoms with E-state index in [0.29, 0.717) is 0 Å². The highest BCUT2D eigenvalue weighted by molar-refractivity contribution is 9.09. The van der Waals surface area contributed by atoms with Crippen molar-refractivity contribution in [1.29, 1.82) is 0 Å². The summed E-state index contributed by atoms with van der Waals surface area (Å²) in [7, 11) is 0. The van der Waals surface area contributed by atoms with Crippen LogP contribution in [0.15, 0.2) is 0 Å². The van der Waals surface area contributed by atoms with Gasteiger partial charge in [-0.25, -0.2) is 0 Å². The molecule has 0 aliphatic rings. The molecule has 0 bridgehead atoms. The van der Waals surface area contributed by atoms with Crippen molar-refractivity contribution in [3.05, 3.63) is 0 Å². The zero-order valence-corrected chi connectivity index (χ0v) is 25.2. The third kappa shape index (κ3) is 28.6. The van der Waals surface area contributed by atoms with Gasteiger partial charge >= 0.3 is 0 Å². The monoisotopic (exact) mass is 546 g/mol. The van der Waals surface area contributed by atoms with Crippen LogP contribution in [0.2, 0.25) is 0 Å². The van der Waals surface area contributed by atoms with E-state index in [9.17, 15) is 0 Å². The molecule has 0 aromatic heterocycles. The van der Waals surface area contributed by atoms with Crippen molar-refractivity contribution in [1.82, 2.24) is 0 Å². The van der Waals surface area contributed by atoms with Gasteiger partial charge in [0.15, 0.2) is 0 Å². The zero-order valence-electron chi connectivity index (χ0n) is 23.6. The number of alkyl halides is 1. The van der Waals surface area contributed by atoms with Crippen LogP contribution in [0.3, 0.4) is 0 Å². The van der Waals surface area contributed by atoms with Gasteiger partial charge in [0.05, 0.1) is 12.7 Å². The van der Waals surface area contributed by atoms with Gasteiger partial charge in [-0.2, -0.15) is 0 Å². The van der Waals surface area contributed by atoms with E-state index in [2.05, 4.69) is 29.8 Å². The van der Waals surface area contributed by atoms with E-state index in [1.165, 1.54) is 154 Å². The molecule has 2 nitrogen and oxygen atoms in total. The van der Waals surface area contributed by atoms with Crippen LogP contribution in [-0.2, 0) is 9.47 Å². The quantitative estimate of drug-likeness (QED) is 0.0658. The summed E-state index contributed by atoms with van der Waals surface area (Å²) in [6.07, 6.45) is 33.6. The lowest BCUT2D eigenvalue weighted by Crippen LogP contribution is -2.22. The van der Waals surface area contributed by atoms with Gasteiger partial charge in [0, 0.05) is 18.5 Å². The highest BCUT2D eigenvalue weighted by atomic mass is 79.9. The zero-order chi connectivity index (χ0) is 24.8. The summed E-state index contributed by atoms with van der Waals surface area (Å²) in [5, 5.41) is 0.879. The molecule has 0 saturated carbocycles. The molecule has 0 unspecified atom stereocenters. The Morgan fingerprint density at radius 1 is 0.441 bits per heavy atom. The summed E-state index contributed by atoms with van der Waals surface area (Å²) in [6.45, 7) is 7.10. The molecule has 0 fully saturated rings. The highest BCUT2D eigenvalue weighted by Gasteiger charge is 2.07. The molecule has 0 saturated heterocycles. The molecular formula is C31H63BrO2. The lowest BCUT2D eigenvalue weighted by molar-refractivity contribution is -0.00563. The third-order valence-electron chi connectivity index (χ3n) is 6.97. The fourth-order valence-corrected chi connectivity index (χ4v) is 4.96. The number of halogens is 1. The number of rotatable bonds is 30. The molecule has 1 atom stereocenters. The largest absolute Gasteiger partial charge is 0.379 e. The molecule has 0 aliphatic heterocycles. The Kier molecular flexibility index (Phi) is 31.8. The minimum Gasteiger partial charge on any atom is -0.379 e. The molecular weight excluding hydrogens is 484 g/mol. The van der Waals surface area contributed by atoms with Gasteiger partial charge < -0.3 is 9.47 Å². The van der Waals surface area contributed by atoms with Crippen molar-refractivity contribution in [2.24, 2.45) is 0 Å². The Balaban J connectivity index is 3.26. The topological polar surface area (TPSA) is 18.5 Å². The summed E-state index contributed by atoms with van der Waals surface area (Å²) in [4.78, 5) is 0. The Hall–Kier alpha value is 0.400. The van der Waals surface area contributed by atoms with E-state index in [0.717, 1.165) is 25.2 Å². The van der Waals surface area contributed by atoms with Crippen LogP contribution in [0.5, 0.6) is 0 Å². The van der Waals surface area contributed by atoms with Crippen molar-refractivity contribution in [2.75, 3.05) is 25.2 Å². The van der Waals surface area contributed by atoms with Crippen LogP contribution in [0.4, 0.5) is 0 Å². The number of unbranched alkanes of at least 4 members (excludes halogenated alkanes) is 22. The van der Waals surface area contributed by atoms with Gasteiger partial charge in [-0.1, -0.05) is 171 Å². The minimum absolute atomic E-state index is 0.213. The van der Waals surface area contributed by atoms with Crippen LogP contribution in [-0.4, -0.2) is 31.3 Å². The van der Waals surface area contributed by atoms with Crippen molar-refractivity contribution < 1.29 is 9.47 Å². The fourth-order valence-electron chi connectivity index (χ4n) is 4.59. The second-order valence-corrected chi connectivity index (χ2v) is 11.1. The smallest absolute Gasteiger partial charge is 0.0904 e. The van der Waals surface area contributed by atoms with Gasteiger partial charge in [-0.3, -0.25) is 0 Å². The number of ether oxygens (including phenoxy) is 2. The number of hydrogen-bond donors (Lipinski definition) is 0. The van der Waals surface area contributed by atoms with Crippen LogP contribution in [0.1, 0.15) is 168 Å². The first-order chi connectivity index (χ1) is 16.8. The van der Waals surface area contributed by atoms with E-state index in [-0.39, 0.29) is 6.10 Å². The molecule has 3 heteroatoms. The van der Waals surface area contributed by atoms with Crippen LogP contribution < -0.4 is 0 Å². The normalized spacial score (nSPS) is 12.4. The minimum atomic E-state index is 0.213. The molecule has 0 rings (SSSR count). The van der Waals surface area contributed by atoms with Gasteiger partial charge in [0.25, 0.3) is 0 Å². The summed E-state index contributed by atoms with van der Waals surface area (Å²) >= 11 is 3.59. The first kappa shape index (κ1) is 34.4. The first-order valence-electron chi connectivity index (χ1n) is 15.6. The molecule has 206 valence electrons. The average Bonchev–Trinajstić information content (AvgIpc) is 2.85. The Morgan fingerprint density at radius 2 is 0.765 bits per heavy atom. The standard InChI is InChI=1S/C31H63BrO2/c1-3-5-7-9-11-13-15-17-19-21-23-25-27-33-30-31(29-32)34-28-26-24-22-20-18-16-14-12-10-8-6-4-2/h31H,3-30H2,1-2H3/t31-/m0/s1. The fraction of sp³-hybridized carbons (Fsp3) is 1.00. The average molecular weight is 548 g/mol. The van der Waals surface area contributed by atoms with E-state index >= 15 is 0 Å². The predicted molar refractivity (Wildman–Crippen MR) is 157 cm³/mol. The Bertz CT molecular complexity index is 350. The van der Waals surface area contributed by atoms with Crippen LogP contribution >= 0.6 is 15.9 Å². The maximum absolute atomic E-state index is 6.02. The predicted octanol–water partition coefficient (Wildman–Crippen LogP) is 11.2. The van der Waals surface area contributed by atoms with Gasteiger partial charge in [-0.05, 0) is 12.8 Å². The Labute approximate surface area is 224 Å². The van der Waals surface area contributed by atoms with E-state index in [1.807, 2.05) is 0 Å². The molecule has 0 N–H and O–H groups in total. The van der Waals surface area contributed by atoms with E-state index < -0.39 is 0 Å². The second kappa shape index (κ2) is 31.4. The third-order valence-corrected chi connectivity index (χ3v) is 7.69. The van der Waals surface area contributed by atoms with Crippen molar-refractivity contribution in [3.8, 4) is 0 Å². The SMILES string of the molecule is CCCCCCCCCCCCCCOC[C@H](CBr)OCCCCCCCCCCCCCC. The molecule has 0 heterocycles. The summed E-state index contributed by atoms with van der Waals surface area (Å²) < 4.78 is 11.9. The molecule has 0 aromatic rings. The molecule has 0 aromatic carbocycles. The first-order valence-corrected chi connectivity index (χ1v) is 16.7. The molecule has 0 spiro atoms. The molecule has 0 aliphatic carbocycles. The summed E-state index contributed by atoms with van der Waals surface area (Å²) in [5.41, 5.74) is 0. The maximum Gasteiger partial charge on any atom is 0.0904 e. The second-order valence-electron chi connectivity index (χ2n) is 10.5. The van der Waals surface area contributed by atoms with Crippen molar-refractivity contribution >= 4 is 15.9 Å². The van der Waals surface area contributed by atoms with Crippen LogP contribution in [0, 0.1) is 0 Å². The molecule has 34 heavy (non-hydrogen) atoms. The summed E-state index contributed by atoms with van der Waals surface area (Å²) in [5.74, 6) is 0. The van der Waals surface area contributed by atoms with Crippen LogP contribution in [0.25, 0.3) is 0 Å². The van der Waals surface area contributed by atoms with Gasteiger partial charge in [0.2, 0.25) is 0 Å². The number of hydrogen-bond acceptors (Lipinski definition) is 2. The maximum atomic E-state index is 6.02. The Morgan fingerprint density at radius 3 is 1.12 bits per heavy atom. The van der Waals surface area contributed by atoms with E-state index in [1.54, 1.807) is 0 Å². The molecule has 0 radical (unpaired) electrons. The lowest BCUT2D eigenvalue weighted by Gasteiger charge is -2.15. The van der Waals surface area contributed by atoms with Gasteiger partial charge in [0.1, 0.15) is 0 Å². The summed E-state index contributed by atoms with van der Waals surface area (Å²) in [6, 6.07) is 0. The van der Waals surface area contributed by atoms with Crippen molar-refractivity contribution in [3.63, 3.8) is 0 Å². The lowest BCUT2D eigenvalue weighted by atomic mass is 10.1. The van der Waals surface area contributed by atoms with Gasteiger partial charge in [-0.15, -0.1) is 0 Å². The van der Waals surface area contributed by atoms with Crippen molar-refractivity contribution in [2.45, 2.75) is 174 Å². The highest BCUT2D eigenvalue weighted by Crippen LogP contribution is 2.13. The molecule has 0 amide bonds.